The van der Waals surface area contributed by atoms with E-state index in [0.29, 0.717) is 16.9 Å². The van der Waals surface area contributed by atoms with E-state index in [0.717, 1.165) is 11.1 Å². The molecule has 132 valence electrons. The molecule has 26 heavy (non-hydrogen) atoms. The number of esters is 1. The van der Waals surface area contributed by atoms with E-state index in [1.807, 2.05) is 42.5 Å². The van der Waals surface area contributed by atoms with Gasteiger partial charge in [-0.3, -0.25) is 0 Å². The molecule has 4 nitrogen and oxygen atoms in total. The maximum Gasteiger partial charge on any atom is 0.343 e. The second-order valence-electron chi connectivity index (χ2n) is 6.05. The summed E-state index contributed by atoms with van der Waals surface area (Å²) >= 11 is 0. The molecule has 3 rings (SSSR count). The van der Waals surface area contributed by atoms with Crippen LogP contribution in [-0.4, -0.2) is 20.6 Å². The van der Waals surface area contributed by atoms with Crippen LogP contribution in [0.25, 0.3) is 11.1 Å². The van der Waals surface area contributed by atoms with Crippen LogP contribution >= 0.6 is 0 Å². The van der Waals surface area contributed by atoms with Crippen LogP contribution in [0, 0.1) is 0 Å². The average molecular weight is 366 g/mol. The maximum atomic E-state index is 12.2. The second kappa shape index (κ2) is 7.54. The minimum Gasteiger partial charge on any atom is -0.423 e. The minimum atomic E-state index is -3.10. The first-order chi connectivity index (χ1) is 12.4. The third kappa shape index (κ3) is 4.80. The van der Waals surface area contributed by atoms with E-state index in [1.165, 1.54) is 6.26 Å². The highest BCUT2D eigenvalue weighted by Crippen LogP contribution is 2.22. The summed E-state index contributed by atoms with van der Waals surface area (Å²) in [6, 6.07) is 23.6. The maximum absolute atomic E-state index is 12.2. The molecular weight excluding hydrogens is 348 g/mol. The molecule has 0 unspecified atom stereocenters. The number of hydrogen-bond acceptors (Lipinski definition) is 4. The first kappa shape index (κ1) is 17.9. The topological polar surface area (TPSA) is 60.4 Å². The van der Waals surface area contributed by atoms with Gasteiger partial charge in [0.2, 0.25) is 0 Å². The molecule has 0 aliphatic carbocycles. The van der Waals surface area contributed by atoms with Gasteiger partial charge in [0, 0.05) is 6.26 Å². The van der Waals surface area contributed by atoms with Crippen LogP contribution in [0.1, 0.15) is 15.9 Å². The van der Waals surface area contributed by atoms with Gasteiger partial charge >= 0.3 is 5.97 Å². The van der Waals surface area contributed by atoms with Gasteiger partial charge in [-0.2, -0.15) is 0 Å². The third-order valence-corrected chi connectivity index (χ3v) is 4.65. The van der Waals surface area contributed by atoms with Crippen LogP contribution in [-0.2, 0) is 15.6 Å². The molecule has 0 saturated heterocycles. The fraction of sp³-hybridized carbons (Fsp3) is 0.0952. The van der Waals surface area contributed by atoms with E-state index >= 15 is 0 Å². The van der Waals surface area contributed by atoms with Gasteiger partial charge < -0.3 is 4.74 Å². The molecule has 0 aromatic heterocycles. The molecule has 0 N–H and O–H groups in total. The summed E-state index contributed by atoms with van der Waals surface area (Å²) in [4.78, 5) is 12.2. The van der Waals surface area contributed by atoms with Gasteiger partial charge in [0.15, 0.2) is 9.84 Å². The van der Waals surface area contributed by atoms with E-state index in [1.54, 1.807) is 36.4 Å². The summed E-state index contributed by atoms with van der Waals surface area (Å²) in [6.07, 6.45) is 1.17. The number of carbonyl (C=O) groups is 1. The Morgan fingerprint density at radius 2 is 1.38 bits per heavy atom. The highest BCUT2D eigenvalue weighted by molar-refractivity contribution is 7.89. The standard InChI is InChI=1S/C21H18O4S/c1-26(23,24)15-16-7-9-19(10-8-16)21(22)25-20-13-11-18(12-14-20)17-5-3-2-4-6-17/h2-14H,15H2,1H3. The molecule has 0 aliphatic heterocycles. The van der Waals surface area contributed by atoms with Crippen molar-refractivity contribution in [2.24, 2.45) is 0 Å². The molecule has 3 aromatic rings. The molecule has 3 aromatic carbocycles. The monoisotopic (exact) mass is 366 g/mol. The van der Waals surface area contributed by atoms with Crippen molar-refractivity contribution in [1.29, 1.82) is 0 Å². The fourth-order valence-electron chi connectivity index (χ4n) is 2.55. The van der Waals surface area contributed by atoms with Crippen molar-refractivity contribution in [3.8, 4) is 16.9 Å². The molecule has 0 fully saturated rings. The number of ether oxygens (including phenoxy) is 1. The molecular formula is C21H18O4S. The lowest BCUT2D eigenvalue weighted by atomic mass is 10.1. The van der Waals surface area contributed by atoms with Crippen LogP contribution in [0.4, 0.5) is 0 Å². The average Bonchev–Trinajstić information content (AvgIpc) is 2.62. The van der Waals surface area contributed by atoms with Crippen molar-refractivity contribution in [1.82, 2.24) is 0 Å². The minimum absolute atomic E-state index is 0.0523. The highest BCUT2D eigenvalue weighted by atomic mass is 32.2. The Kier molecular flexibility index (Phi) is 5.19. The fourth-order valence-corrected chi connectivity index (χ4v) is 3.35. The second-order valence-corrected chi connectivity index (χ2v) is 8.19. The summed E-state index contributed by atoms with van der Waals surface area (Å²) in [6.45, 7) is 0. The molecule has 5 heteroatoms. The molecule has 0 heterocycles. The Morgan fingerprint density at radius 1 is 0.808 bits per heavy atom. The quantitative estimate of drug-likeness (QED) is 0.503. The molecule has 0 spiro atoms. The first-order valence-corrected chi connectivity index (χ1v) is 10.1. The SMILES string of the molecule is CS(=O)(=O)Cc1ccc(C(=O)Oc2ccc(-c3ccccc3)cc2)cc1. The summed E-state index contributed by atoms with van der Waals surface area (Å²) in [5.41, 5.74) is 3.13. The lowest BCUT2D eigenvalue weighted by Crippen LogP contribution is -2.09. The molecule has 0 aliphatic rings. The zero-order chi connectivity index (χ0) is 18.6. The van der Waals surface area contributed by atoms with Gasteiger partial charge in [0.1, 0.15) is 5.75 Å². The smallest absolute Gasteiger partial charge is 0.343 e. The number of carbonyl (C=O) groups excluding carboxylic acids is 1. The van der Waals surface area contributed by atoms with Crippen molar-refractivity contribution in [3.05, 3.63) is 90.0 Å². The largest absolute Gasteiger partial charge is 0.423 e. The Morgan fingerprint density at radius 3 is 1.96 bits per heavy atom. The van der Waals surface area contributed by atoms with Gasteiger partial charge in [-0.1, -0.05) is 54.6 Å². The van der Waals surface area contributed by atoms with Crippen molar-refractivity contribution >= 4 is 15.8 Å². The van der Waals surface area contributed by atoms with Crippen molar-refractivity contribution in [2.75, 3.05) is 6.26 Å². The number of benzene rings is 3. The van der Waals surface area contributed by atoms with E-state index in [4.69, 9.17) is 4.74 Å². The van der Waals surface area contributed by atoms with Gasteiger partial charge in [0.25, 0.3) is 0 Å². The number of sulfone groups is 1. The van der Waals surface area contributed by atoms with E-state index < -0.39 is 15.8 Å². The Balaban J connectivity index is 1.68. The first-order valence-electron chi connectivity index (χ1n) is 8.05. The lowest BCUT2D eigenvalue weighted by Gasteiger charge is -2.07. The van der Waals surface area contributed by atoms with E-state index in [2.05, 4.69) is 0 Å². The van der Waals surface area contributed by atoms with Crippen molar-refractivity contribution < 1.29 is 17.9 Å². The van der Waals surface area contributed by atoms with E-state index in [9.17, 15) is 13.2 Å². The summed E-state index contributed by atoms with van der Waals surface area (Å²) in [5.74, 6) is -0.0817. The predicted octanol–water partition coefficient (Wildman–Crippen LogP) is 4.12. The van der Waals surface area contributed by atoms with Crippen molar-refractivity contribution in [3.63, 3.8) is 0 Å². The third-order valence-electron chi connectivity index (χ3n) is 3.79. The Labute approximate surface area is 153 Å². The van der Waals surface area contributed by atoms with Gasteiger partial charge in [-0.25, -0.2) is 13.2 Å². The summed E-state index contributed by atoms with van der Waals surface area (Å²) in [5, 5.41) is 0. The van der Waals surface area contributed by atoms with Crippen molar-refractivity contribution in [2.45, 2.75) is 5.75 Å². The normalized spacial score (nSPS) is 11.1. The molecule has 0 bridgehead atoms. The Bertz CT molecular complexity index is 990. The zero-order valence-electron chi connectivity index (χ0n) is 14.3. The molecule has 0 atom stereocenters. The van der Waals surface area contributed by atoms with Crippen LogP contribution in [0.5, 0.6) is 5.75 Å². The Hall–Kier alpha value is -2.92. The zero-order valence-corrected chi connectivity index (χ0v) is 15.1. The predicted molar refractivity (Wildman–Crippen MR) is 102 cm³/mol. The van der Waals surface area contributed by atoms with Gasteiger partial charge in [-0.15, -0.1) is 0 Å². The van der Waals surface area contributed by atoms with Crippen LogP contribution in [0.2, 0.25) is 0 Å². The van der Waals surface area contributed by atoms with Crippen LogP contribution in [0.3, 0.4) is 0 Å². The van der Waals surface area contributed by atoms with Gasteiger partial charge in [0.05, 0.1) is 11.3 Å². The summed E-state index contributed by atoms with van der Waals surface area (Å²) < 4.78 is 28.0. The van der Waals surface area contributed by atoms with Crippen LogP contribution < -0.4 is 4.74 Å². The van der Waals surface area contributed by atoms with E-state index in [-0.39, 0.29) is 5.75 Å². The molecule has 0 radical (unpaired) electrons. The molecule has 0 saturated carbocycles. The molecule has 0 amide bonds. The lowest BCUT2D eigenvalue weighted by molar-refractivity contribution is 0.0735. The van der Waals surface area contributed by atoms with Crippen LogP contribution in [0.15, 0.2) is 78.9 Å². The van der Waals surface area contributed by atoms with Gasteiger partial charge in [-0.05, 0) is 41.0 Å². The number of rotatable bonds is 5. The number of hydrogen-bond donors (Lipinski definition) is 0. The highest BCUT2D eigenvalue weighted by Gasteiger charge is 2.10. The summed E-state index contributed by atoms with van der Waals surface area (Å²) in [7, 11) is -3.10.